The van der Waals surface area contributed by atoms with Gasteiger partial charge in [-0.05, 0) is 0 Å². The van der Waals surface area contributed by atoms with Crippen LogP contribution in [0.4, 0.5) is 5.82 Å². The third-order valence-corrected chi connectivity index (χ3v) is 2.68. The van der Waals surface area contributed by atoms with Gasteiger partial charge in [-0.15, -0.1) is 5.10 Å². The molecule has 0 bridgehead atoms. The molecule has 0 saturated carbocycles. The first-order chi connectivity index (χ1) is 8.91. The summed E-state index contributed by atoms with van der Waals surface area (Å²) >= 11 is 0. The molecule has 0 aliphatic rings. The summed E-state index contributed by atoms with van der Waals surface area (Å²) in [6, 6.07) is 1.84. The van der Waals surface area contributed by atoms with Gasteiger partial charge in [0.1, 0.15) is 12.3 Å². The highest BCUT2D eigenvalue weighted by Crippen LogP contribution is 2.26. The predicted molar refractivity (Wildman–Crippen MR) is 69.5 cm³/mol. The highest BCUT2D eigenvalue weighted by atomic mass is 16.5. The molecule has 0 fully saturated rings. The minimum Gasteiger partial charge on any atom is -0.381 e. The summed E-state index contributed by atoms with van der Waals surface area (Å²) < 4.78 is 11.9. The first-order valence-corrected chi connectivity index (χ1v) is 6.04. The molecular weight excluding hydrogens is 246 g/mol. The second kappa shape index (κ2) is 5.00. The number of methoxy groups -OCH3 is 1. The first kappa shape index (κ1) is 13.5. The standard InChI is InChI=1S/C12H19N5O2/c1-12(2,3)10-11(13)14-16-17(10)6-8-5-9(7-18-4)19-15-8/h5H,6-7,13H2,1-4H3. The van der Waals surface area contributed by atoms with Crippen molar-refractivity contribution in [3.63, 3.8) is 0 Å². The van der Waals surface area contributed by atoms with E-state index in [-0.39, 0.29) is 5.41 Å². The van der Waals surface area contributed by atoms with Gasteiger partial charge in [0.05, 0.1) is 12.2 Å². The molecule has 7 heteroatoms. The van der Waals surface area contributed by atoms with Crippen LogP contribution in [0.2, 0.25) is 0 Å². The molecule has 0 unspecified atom stereocenters. The molecule has 0 atom stereocenters. The molecule has 0 radical (unpaired) electrons. The zero-order chi connectivity index (χ0) is 14.0. The van der Waals surface area contributed by atoms with Crippen molar-refractivity contribution in [2.24, 2.45) is 0 Å². The number of ether oxygens (including phenoxy) is 1. The van der Waals surface area contributed by atoms with E-state index >= 15 is 0 Å². The Kier molecular flexibility index (Phi) is 3.57. The Morgan fingerprint density at radius 3 is 2.79 bits per heavy atom. The molecule has 0 saturated heterocycles. The molecule has 2 aromatic rings. The molecule has 104 valence electrons. The lowest BCUT2D eigenvalue weighted by Crippen LogP contribution is -2.20. The minimum atomic E-state index is -0.132. The number of hydrogen-bond acceptors (Lipinski definition) is 6. The third-order valence-electron chi connectivity index (χ3n) is 2.68. The molecule has 0 aromatic carbocycles. The summed E-state index contributed by atoms with van der Waals surface area (Å²) in [7, 11) is 1.61. The van der Waals surface area contributed by atoms with Crippen LogP contribution in [0, 0.1) is 0 Å². The van der Waals surface area contributed by atoms with Crippen LogP contribution in [0.3, 0.4) is 0 Å². The highest BCUT2D eigenvalue weighted by Gasteiger charge is 2.24. The number of anilines is 1. The Balaban J connectivity index is 2.23. The lowest BCUT2D eigenvalue weighted by molar-refractivity contribution is 0.155. The maximum absolute atomic E-state index is 5.88. The summed E-state index contributed by atoms with van der Waals surface area (Å²) in [6.45, 7) is 7.08. The van der Waals surface area contributed by atoms with Gasteiger partial charge in [-0.3, -0.25) is 0 Å². The van der Waals surface area contributed by atoms with Crippen LogP contribution in [-0.4, -0.2) is 27.3 Å². The van der Waals surface area contributed by atoms with Crippen LogP contribution in [0.1, 0.15) is 37.9 Å². The fourth-order valence-electron chi connectivity index (χ4n) is 2.00. The lowest BCUT2D eigenvalue weighted by atomic mass is 9.92. The van der Waals surface area contributed by atoms with Crippen molar-refractivity contribution >= 4 is 5.82 Å². The van der Waals surface area contributed by atoms with E-state index in [1.807, 2.05) is 6.07 Å². The smallest absolute Gasteiger partial charge is 0.169 e. The van der Waals surface area contributed by atoms with E-state index in [1.165, 1.54) is 0 Å². The zero-order valence-electron chi connectivity index (χ0n) is 11.7. The fourth-order valence-corrected chi connectivity index (χ4v) is 2.00. The molecule has 0 amide bonds. The molecule has 7 nitrogen and oxygen atoms in total. The normalized spacial score (nSPS) is 12.0. The van der Waals surface area contributed by atoms with Gasteiger partial charge in [-0.2, -0.15) is 0 Å². The van der Waals surface area contributed by atoms with Crippen LogP contribution in [0.25, 0.3) is 0 Å². The number of aromatic nitrogens is 4. The van der Waals surface area contributed by atoms with Crippen molar-refractivity contribution in [3.8, 4) is 0 Å². The van der Waals surface area contributed by atoms with Gasteiger partial charge in [0.15, 0.2) is 11.6 Å². The molecule has 2 aromatic heterocycles. The van der Waals surface area contributed by atoms with Gasteiger partial charge in [0, 0.05) is 18.6 Å². The topological polar surface area (TPSA) is 92.0 Å². The number of rotatable bonds is 4. The lowest BCUT2D eigenvalue weighted by Gasteiger charge is -2.19. The van der Waals surface area contributed by atoms with Crippen LogP contribution < -0.4 is 5.73 Å². The maximum atomic E-state index is 5.88. The largest absolute Gasteiger partial charge is 0.381 e. The van der Waals surface area contributed by atoms with Crippen LogP contribution >= 0.6 is 0 Å². The van der Waals surface area contributed by atoms with Crippen molar-refractivity contribution in [2.45, 2.75) is 39.3 Å². The van der Waals surface area contributed by atoms with Crippen molar-refractivity contribution in [1.29, 1.82) is 0 Å². The van der Waals surface area contributed by atoms with Gasteiger partial charge in [-0.25, -0.2) is 4.68 Å². The average molecular weight is 265 g/mol. The Morgan fingerprint density at radius 1 is 1.42 bits per heavy atom. The van der Waals surface area contributed by atoms with Gasteiger partial charge in [-0.1, -0.05) is 31.1 Å². The fraction of sp³-hybridized carbons (Fsp3) is 0.583. The third kappa shape index (κ3) is 2.93. The molecule has 2 heterocycles. The average Bonchev–Trinajstić information content (AvgIpc) is 2.86. The molecule has 0 aliphatic heterocycles. The molecule has 2 N–H and O–H groups in total. The van der Waals surface area contributed by atoms with E-state index < -0.39 is 0 Å². The maximum Gasteiger partial charge on any atom is 0.169 e. The van der Waals surface area contributed by atoms with E-state index in [1.54, 1.807) is 11.8 Å². The van der Waals surface area contributed by atoms with Crippen molar-refractivity contribution in [3.05, 3.63) is 23.2 Å². The van der Waals surface area contributed by atoms with E-state index in [0.717, 1.165) is 11.4 Å². The number of hydrogen-bond donors (Lipinski definition) is 1. The van der Waals surface area contributed by atoms with Crippen LogP contribution in [0.5, 0.6) is 0 Å². The van der Waals surface area contributed by atoms with Gasteiger partial charge in [0.2, 0.25) is 0 Å². The van der Waals surface area contributed by atoms with E-state index in [4.69, 9.17) is 15.0 Å². The molecule has 0 spiro atoms. The minimum absolute atomic E-state index is 0.132. The summed E-state index contributed by atoms with van der Waals surface area (Å²) in [5.41, 5.74) is 7.40. The van der Waals surface area contributed by atoms with Crippen LogP contribution in [0.15, 0.2) is 10.6 Å². The SMILES string of the molecule is COCc1cc(Cn2nnc(N)c2C(C)(C)C)no1. The molecule has 19 heavy (non-hydrogen) atoms. The Labute approximate surface area is 111 Å². The summed E-state index contributed by atoms with van der Waals surface area (Å²) in [5, 5.41) is 12.0. The second-order valence-corrected chi connectivity index (χ2v) is 5.45. The Hall–Kier alpha value is -1.89. The number of nitrogens with zero attached hydrogens (tertiary/aromatic N) is 4. The molecular formula is C12H19N5O2. The van der Waals surface area contributed by atoms with Crippen molar-refractivity contribution in [1.82, 2.24) is 20.2 Å². The Bertz CT molecular complexity index is 553. The Morgan fingerprint density at radius 2 is 2.16 bits per heavy atom. The van der Waals surface area contributed by atoms with Gasteiger partial charge >= 0.3 is 0 Å². The van der Waals surface area contributed by atoms with E-state index in [0.29, 0.717) is 24.7 Å². The van der Waals surface area contributed by atoms with E-state index in [9.17, 15) is 0 Å². The number of nitrogens with two attached hydrogens (primary N) is 1. The second-order valence-electron chi connectivity index (χ2n) is 5.45. The van der Waals surface area contributed by atoms with Crippen LogP contribution in [-0.2, 0) is 23.3 Å². The van der Waals surface area contributed by atoms with Crippen molar-refractivity contribution < 1.29 is 9.26 Å². The summed E-state index contributed by atoms with van der Waals surface area (Å²) in [5.74, 6) is 1.14. The molecule has 0 aliphatic carbocycles. The quantitative estimate of drug-likeness (QED) is 0.896. The monoisotopic (exact) mass is 265 g/mol. The molecule has 2 rings (SSSR count). The zero-order valence-corrected chi connectivity index (χ0v) is 11.7. The van der Waals surface area contributed by atoms with Gasteiger partial charge < -0.3 is 15.0 Å². The highest BCUT2D eigenvalue weighted by molar-refractivity contribution is 5.38. The van der Waals surface area contributed by atoms with Crippen molar-refractivity contribution in [2.75, 3.05) is 12.8 Å². The summed E-state index contributed by atoms with van der Waals surface area (Å²) in [4.78, 5) is 0. The van der Waals surface area contributed by atoms with E-state index in [2.05, 4.69) is 36.2 Å². The first-order valence-electron chi connectivity index (χ1n) is 6.04. The predicted octanol–water partition coefficient (Wildman–Crippen LogP) is 1.34. The van der Waals surface area contributed by atoms with Gasteiger partial charge in [0.25, 0.3) is 0 Å². The summed E-state index contributed by atoms with van der Waals surface area (Å²) in [6.07, 6.45) is 0. The number of nitrogen functional groups attached to an aromatic ring is 1.